The van der Waals surface area contributed by atoms with Gasteiger partial charge in [-0.3, -0.25) is 14.5 Å². The lowest BCUT2D eigenvalue weighted by atomic mass is 10.1. The minimum Gasteiger partial charge on any atom is -0.379 e. The van der Waals surface area contributed by atoms with Gasteiger partial charge in [-0.2, -0.15) is 0 Å². The highest BCUT2D eigenvalue weighted by atomic mass is 19.1. The first-order valence-electron chi connectivity index (χ1n) is 13.8. The molecule has 10 heteroatoms. The van der Waals surface area contributed by atoms with E-state index in [0.717, 1.165) is 30.2 Å². The highest BCUT2D eigenvalue weighted by molar-refractivity contribution is 5.96. The number of benzene rings is 2. The molecule has 0 aliphatic carbocycles. The van der Waals surface area contributed by atoms with Gasteiger partial charge in [-0.25, -0.2) is 4.39 Å². The average molecular weight is 547 g/mol. The highest BCUT2D eigenvalue weighted by Gasteiger charge is 2.27. The number of nitrogens with zero attached hydrogens (tertiary/aromatic N) is 6. The molecule has 1 aromatic heterocycles. The number of amides is 2. The zero-order valence-electron chi connectivity index (χ0n) is 22.8. The predicted molar refractivity (Wildman–Crippen MR) is 151 cm³/mol. The normalized spacial score (nSPS) is 16.1. The molecule has 0 saturated carbocycles. The lowest BCUT2D eigenvalue weighted by Gasteiger charge is -2.36. The molecule has 2 amide bonds. The van der Waals surface area contributed by atoms with E-state index in [1.165, 1.54) is 22.6 Å². The van der Waals surface area contributed by atoms with Crippen LogP contribution >= 0.6 is 0 Å². The molecule has 3 aromatic rings. The zero-order chi connectivity index (χ0) is 27.9. The van der Waals surface area contributed by atoms with Crippen LogP contribution in [0.2, 0.25) is 0 Å². The zero-order valence-corrected chi connectivity index (χ0v) is 22.8. The number of anilines is 1. The summed E-state index contributed by atoms with van der Waals surface area (Å²) in [5.74, 6) is -0.432. The number of morpholine rings is 1. The number of rotatable bonds is 8. The fourth-order valence-corrected chi connectivity index (χ4v) is 4.96. The molecule has 2 fully saturated rings. The third kappa shape index (κ3) is 6.81. The summed E-state index contributed by atoms with van der Waals surface area (Å²) in [6.07, 6.45) is 0. The number of aromatic nitrogens is 2. The number of hydrogen-bond acceptors (Lipinski definition) is 7. The lowest BCUT2D eigenvalue weighted by molar-refractivity contribution is -0.132. The lowest BCUT2D eigenvalue weighted by Crippen LogP contribution is -2.53. The van der Waals surface area contributed by atoms with Crippen molar-refractivity contribution >= 4 is 17.6 Å². The van der Waals surface area contributed by atoms with Crippen LogP contribution in [0, 0.1) is 12.7 Å². The van der Waals surface area contributed by atoms with Crippen molar-refractivity contribution in [2.45, 2.75) is 6.92 Å². The molecule has 40 heavy (non-hydrogen) atoms. The molecule has 2 saturated heterocycles. The van der Waals surface area contributed by atoms with Crippen LogP contribution in [0.25, 0.3) is 11.3 Å². The fourth-order valence-electron chi connectivity index (χ4n) is 4.96. The van der Waals surface area contributed by atoms with Gasteiger partial charge in [0.05, 0.1) is 24.5 Å². The standard InChI is InChI=1S/C30H35FN6O3/c1-23-6-8-24(9-7-23)27-10-11-28(33-32-27)35-14-16-36(17-15-35)29(38)22-37(13-12-34-18-20-40-21-19-34)30(39)25-4-2-3-5-26(25)31/h2-11H,12-22H2,1H3. The molecule has 0 spiro atoms. The first-order valence-corrected chi connectivity index (χ1v) is 13.8. The maximum absolute atomic E-state index is 14.4. The molecule has 0 atom stereocenters. The molecule has 2 aliphatic heterocycles. The summed E-state index contributed by atoms with van der Waals surface area (Å²) in [6.45, 7) is 7.95. The first kappa shape index (κ1) is 27.7. The van der Waals surface area contributed by atoms with Gasteiger partial charge in [0.2, 0.25) is 5.91 Å². The smallest absolute Gasteiger partial charge is 0.257 e. The molecule has 0 radical (unpaired) electrons. The SMILES string of the molecule is Cc1ccc(-c2ccc(N3CCN(C(=O)CN(CCN4CCOCC4)C(=O)c4ccccc4F)CC3)nn2)cc1. The van der Waals surface area contributed by atoms with Crippen molar-refractivity contribution in [3.8, 4) is 11.3 Å². The van der Waals surface area contributed by atoms with Crippen molar-refractivity contribution in [2.75, 3.05) is 77.0 Å². The summed E-state index contributed by atoms with van der Waals surface area (Å²) in [5, 5.41) is 8.83. The van der Waals surface area contributed by atoms with Gasteiger partial charge < -0.3 is 19.4 Å². The highest BCUT2D eigenvalue weighted by Crippen LogP contribution is 2.20. The predicted octanol–water partition coefficient (Wildman–Crippen LogP) is 2.71. The van der Waals surface area contributed by atoms with Crippen LogP contribution in [0.15, 0.2) is 60.7 Å². The average Bonchev–Trinajstić information content (AvgIpc) is 3.00. The summed E-state index contributed by atoms with van der Waals surface area (Å²) in [6, 6.07) is 18.0. The molecule has 3 heterocycles. The molecule has 210 valence electrons. The number of carbonyl (C=O) groups excluding carboxylic acids is 2. The molecule has 0 bridgehead atoms. The van der Waals surface area contributed by atoms with E-state index in [1.807, 2.05) is 31.2 Å². The van der Waals surface area contributed by atoms with Gasteiger partial charge >= 0.3 is 0 Å². The Hall–Kier alpha value is -3.89. The second-order valence-electron chi connectivity index (χ2n) is 10.2. The summed E-state index contributed by atoms with van der Waals surface area (Å²) in [4.78, 5) is 34.1. The Morgan fingerprint density at radius 3 is 2.30 bits per heavy atom. The number of piperazine rings is 1. The van der Waals surface area contributed by atoms with Gasteiger partial charge in [0.15, 0.2) is 5.82 Å². The summed E-state index contributed by atoms with van der Waals surface area (Å²) in [5.41, 5.74) is 3.00. The van der Waals surface area contributed by atoms with E-state index in [0.29, 0.717) is 52.5 Å². The molecule has 0 N–H and O–H groups in total. The van der Waals surface area contributed by atoms with Crippen LogP contribution in [0.5, 0.6) is 0 Å². The van der Waals surface area contributed by atoms with E-state index in [-0.39, 0.29) is 18.0 Å². The van der Waals surface area contributed by atoms with Crippen LogP contribution in [-0.2, 0) is 9.53 Å². The van der Waals surface area contributed by atoms with Crippen LogP contribution in [0.3, 0.4) is 0 Å². The van der Waals surface area contributed by atoms with Crippen molar-refractivity contribution in [1.29, 1.82) is 0 Å². The largest absolute Gasteiger partial charge is 0.379 e. The summed E-state index contributed by atoms with van der Waals surface area (Å²) in [7, 11) is 0. The van der Waals surface area contributed by atoms with Crippen LogP contribution < -0.4 is 4.90 Å². The Morgan fingerprint density at radius 2 is 1.62 bits per heavy atom. The van der Waals surface area contributed by atoms with E-state index in [1.54, 1.807) is 17.0 Å². The number of halogens is 1. The molecular weight excluding hydrogens is 511 g/mol. The van der Waals surface area contributed by atoms with Gasteiger partial charge in [0.25, 0.3) is 5.91 Å². The Morgan fingerprint density at radius 1 is 0.900 bits per heavy atom. The Balaban J connectivity index is 1.19. The minimum absolute atomic E-state index is 0.0187. The van der Waals surface area contributed by atoms with Crippen LogP contribution in [-0.4, -0.2) is 109 Å². The number of hydrogen-bond donors (Lipinski definition) is 0. The number of aryl methyl sites for hydroxylation is 1. The molecule has 2 aromatic carbocycles. The Bertz CT molecular complexity index is 1290. The summed E-state index contributed by atoms with van der Waals surface area (Å²) < 4.78 is 19.9. The van der Waals surface area contributed by atoms with E-state index in [4.69, 9.17) is 4.74 Å². The quantitative estimate of drug-likeness (QED) is 0.430. The van der Waals surface area contributed by atoms with Crippen LogP contribution in [0.4, 0.5) is 10.2 Å². The molecule has 2 aliphatic rings. The van der Waals surface area contributed by atoms with E-state index >= 15 is 0 Å². The molecule has 0 unspecified atom stereocenters. The monoisotopic (exact) mass is 546 g/mol. The van der Waals surface area contributed by atoms with E-state index < -0.39 is 11.7 Å². The minimum atomic E-state index is -0.584. The second kappa shape index (κ2) is 13.0. The van der Waals surface area contributed by atoms with E-state index in [2.05, 4.69) is 32.1 Å². The van der Waals surface area contributed by atoms with Crippen LogP contribution in [0.1, 0.15) is 15.9 Å². The van der Waals surface area contributed by atoms with Gasteiger partial charge in [0.1, 0.15) is 12.4 Å². The second-order valence-corrected chi connectivity index (χ2v) is 10.2. The maximum Gasteiger partial charge on any atom is 0.257 e. The van der Waals surface area contributed by atoms with Gasteiger partial charge in [-0.15, -0.1) is 10.2 Å². The molecule has 9 nitrogen and oxygen atoms in total. The molecular formula is C30H35FN6O3. The number of ether oxygens (including phenoxy) is 1. The maximum atomic E-state index is 14.4. The van der Waals surface area contributed by atoms with Crippen molar-refractivity contribution in [2.24, 2.45) is 0 Å². The first-order chi connectivity index (χ1) is 19.5. The van der Waals surface area contributed by atoms with Crippen molar-refractivity contribution in [3.05, 3.63) is 77.6 Å². The van der Waals surface area contributed by atoms with Gasteiger partial charge in [0, 0.05) is 57.9 Å². The summed E-state index contributed by atoms with van der Waals surface area (Å²) >= 11 is 0. The Kier molecular flexibility index (Phi) is 8.98. The van der Waals surface area contributed by atoms with Crippen molar-refractivity contribution < 1.29 is 18.7 Å². The van der Waals surface area contributed by atoms with Crippen molar-refractivity contribution in [3.63, 3.8) is 0 Å². The fraction of sp³-hybridized carbons (Fsp3) is 0.400. The number of carbonyl (C=O) groups is 2. The topological polar surface area (TPSA) is 82.1 Å². The third-order valence-electron chi connectivity index (χ3n) is 7.46. The van der Waals surface area contributed by atoms with E-state index in [9.17, 15) is 14.0 Å². The third-order valence-corrected chi connectivity index (χ3v) is 7.46. The molecule has 5 rings (SSSR count). The van der Waals surface area contributed by atoms with Gasteiger partial charge in [-0.1, -0.05) is 42.0 Å². The Labute approximate surface area is 234 Å². The van der Waals surface area contributed by atoms with Crippen molar-refractivity contribution in [1.82, 2.24) is 24.9 Å². The van der Waals surface area contributed by atoms with Gasteiger partial charge in [-0.05, 0) is 31.2 Å².